The average Bonchev–Trinajstić information content (AvgIpc) is 3.36. The molecule has 2 heterocycles. The van der Waals surface area contributed by atoms with E-state index in [1.54, 1.807) is 24.3 Å². The number of hydrogen-bond acceptors (Lipinski definition) is 6. The second-order valence-electron chi connectivity index (χ2n) is 6.66. The molecule has 7 nitrogen and oxygen atoms in total. The van der Waals surface area contributed by atoms with E-state index in [-0.39, 0.29) is 29.6 Å². The number of nitrogens with zero attached hydrogens (tertiary/aromatic N) is 3. The molecule has 156 valence electrons. The van der Waals surface area contributed by atoms with Gasteiger partial charge in [-0.05, 0) is 31.9 Å². The third-order valence-corrected chi connectivity index (χ3v) is 5.56. The number of para-hydroxylation sites is 1. The van der Waals surface area contributed by atoms with Gasteiger partial charge in [0.15, 0.2) is 22.5 Å². The normalized spacial score (nSPS) is 17.1. The number of carbonyl (C=O) groups excluding carboxylic acids is 1. The Morgan fingerprint density at radius 2 is 2.34 bits per heavy atom. The summed E-state index contributed by atoms with van der Waals surface area (Å²) in [5, 5.41) is 11.5. The Hall–Kier alpha value is -2.39. The number of nitrogens with one attached hydrogen (secondary N) is 1. The van der Waals surface area contributed by atoms with E-state index >= 15 is 0 Å². The first-order valence-electron chi connectivity index (χ1n) is 9.54. The van der Waals surface area contributed by atoms with Crippen LogP contribution in [0.1, 0.15) is 25.6 Å². The van der Waals surface area contributed by atoms with Crippen molar-refractivity contribution in [3.05, 3.63) is 48.6 Å². The molecular formula is C20H25FN4O3S. The van der Waals surface area contributed by atoms with E-state index in [1.807, 2.05) is 11.5 Å². The molecule has 29 heavy (non-hydrogen) atoms. The lowest BCUT2D eigenvalue weighted by molar-refractivity contribution is -0.120. The van der Waals surface area contributed by atoms with Gasteiger partial charge in [-0.25, -0.2) is 4.39 Å². The summed E-state index contributed by atoms with van der Waals surface area (Å²) < 4.78 is 26.6. The van der Waals surface area contributed by atoms with Gasteiger partial charge in [0, 0.05) is 19.7 Å². The molecule has 1 aliphatic heterocycles. The minimum Gasteiger partial charge on any atom is -0.483 e. The zero-order valence-electron chi connectivity index (χ0n) is 16.3. The maximum Gasteiger partial charge on any atom is 0.233 e. The number of rotatable bonds is 10. The van der Waals surface area contributed by atoms with E-state index in [2.05, 4.69) is 22.1 Å². The minimum atomic E-state index is -0.437. The lowest BCUT2D eigenvalue weighted by atomic mass is 10.2. The number of hydrogen-bond donors (Lipinski definition) is 1. The zero-order valence-corrected chi connectivity index (χ0v) is 17.2. The summed E-state index contributed by atoms with van der Waals surface area (Å²) in [6.45, 7) is 7.36. The molecule has 3 rings (SSSR count). The lowest BCUT2D eigenvalue weighted by Gasteiger charge is -2.15. The second kappa shape index (κ2) is 10.4. The van der Waals surface area contributed by atoms with Crippen LogP contribution in [0.15, 0.2) is 42.1 Å². The van der Waals surface area contributed by atoms with Crippen LogP contribution in [0.3, 0.4) is 0 Å². The van der Waals surface area contributed by atoms with Crippen LogP contribution < -0.4 is 10.1 Å². The molecule has 2 atom stereocenters. The first-order chi connectivity index (χ1) is 14.1. The summed E-state index contributed by atoms with van der Waals surface area (Å²) in [4.78, 5) is 12.4. The predicted octanol–water partition coefficient (Wildman–Crippen LogP) is 2.96. The quantitative estimate of drug-likeness (QED) is 0.470. The fraction of sp³-hybridized carbons (Fsp3) is 0.450. The van der Waals surface area contributed by atoms with Gasteiger partial charge in [-0.15, -0.1) is 16.8 Å². The van der Waals surface area contributed by atoms with Gasteiger partial charge in [0.05, 0.1) is 11.4 Å². The van der Waals surface area contributed by atoms with Crippen LogP contribution in [-0.4, -0.2) is 45.2 Å². The Morgan fingerprint density at radius 1 is 1.52 bits per heavy atom. The van der Waals surface area contributed by atoms with Crippen molar-refractivity contribution in [2.24, 2.45) is 0 Å². The smallest absolute Gasteiger partial charge is 0.233 e. The van der Waals surface area contributed by atoms with Gasteiger partial charge in [0.25, 0.3) is 0 Å². The number of allylic oxidation sites excluding steroid dienone is 1. The fourth-order valence-corrected chi connectivity index (χ4v) is 3.81. The van der Waals surface area contributed by atoms with Crippen molar-refractivity contribution in [3.63, 3.8) is 0 Å². The zero-order chi connectivity index (χ0) is 20.6. The highest BCUT2D eigenvalue weighted by atomic mass is 32.2. The monoisotopic (exact) mass is 420 g/mol. The molecule has 1 aliphatic rings. The fourth-order valence-electron chi connectivity index (χ4n) is 2.90. The molecule has 1 amide bonds. The van der Waals surface area contributed by atoms with Crippen molar-refractivity contribution < 1.29 is 18.7 Å². The molecule has 0 bridgehead atoms. The summed E-state index contributed by atoms with van der Waals surface area (Å²) in [6, 6.07) is 6.19. The Bertz CT molecular complexity index is 839. The molecule has 0 unspecified atom stereocenters. The van der Waals surface area contributed by atoms with Crippen LogP contribution in [0.4, 0.5) is 4.39 Å². The number of amides is 1. The van der Waals surface area contributed by atoms with Gasteiger partial charge in [0.2, 0.25) is 5.91 Å². The molecule has 9 heteroatoms. The number of halogens is 1. The first-order valence-corrected chi connectivity index (χ1v) is 10.4. The number of aromatic nitrogens is 3. The van der Waals surface area contributed by atoms with Crippen molar-refractivity contribution in [1.29, 1.82) is 0 Å². The van der Waals surface area contributed by atoms with E-state index < -0.39 is 5.82 Å². The van der Waals surface area contributed by atoms with Crippen LogP contribution in [0.25, 0.3) is 0 Å². The summed E-state index contributed by atoms with van der Waals surface area (Å²) in [5.41, 5.74) is 0. The van der Waals surface area contributed by atoms with Gasteiger partial charge >= 0.3 is 0 Å². The maximum atomic E-state index is 13.8. The summed E-state index contributed by atoms with van der Waals surface area (Å²) >= 11 is 1.31. The molecule has 1 fully saturated rings. The molecule has 2 aromatic rings. The van der Waals surface area contributed by atoms with E-state index in [4.69, 9.17) is 9.47 Å². The predicted molar refractivity (Wildman–Crippen MR) is 108 cm³/mol. The third-order valence-electron chi connectivity index (χ3n) is 4.48. The summed E-state index contributed by atoms with van der Waals surface area (Å²) in [6.07, 6.45) is 3.82. The number of carbonyl (C=O) groups is 1. The number of ether oxygens (including phenoxy) is 2. The van der Waals surface area contributed by atoms with Gasteiger partial charge in [-0.2, -0.15) is 0 Å². The Labute approximate surface area is 173 Å². The van der Waals surface area contributed by atoms with Gasteiger partial charge in [-0.1, -0.05) is 30.0 Å². The minimum absolute atomic E-state index is 0.0575. The molecule has 1 saturated heterocycles. The van der Waals surface area contributed by atoms with Crippen LogP contribution in [-0.2, 0) is 22.7 Å². The number of thioether (sulfide) groups is 1. The first kappa shape index (κ1) is 21.3. The summed E-state index contributed by atoms with van der Waals surface area (Å²) in [5.74, 6) is 0.163. The highest BCUT2D eigenvalue weighted by Crippen LogP contribution is 2.24. The van der Waals surface area contributed by atoms with Crippen LogP contribution in [0.5, 0.6) is 5.75 Å². The molecular weight excluding hydrogens is 395 g/mol. The Balaban J connectivity index is 1.60. The van der Waals surface area contributed by atoms with Crippen LogP contribution in [0.2, 0.25) is 0 Å². The molecule has 0 spiro atoms. The van der Waals surface area contributed by atoms with Gasteiger partial charge in [-0.3, -0.25) is 9.36 Å². The van der Waals surface area contributed by atoms with Crippen molar-refractivity contribution in [2.45, 2.75) is 49.4 Å². The van der Waals surface area contributed by atoms with Crippen LogP contribution >= 0.6 is 11.8 Å². The Morgan fingerprint density at radius 3 is 3.07 bits per heavy atom. The van der Waals surface area contributed by atoms with E-state index in [0.717, 1.165) is 19.4 Å². The van der Waals surface area contributed by atoms with Gasteiger partial charge in [0.1, 0.15) is 6.61 Å². The maximum absolute atomic E-state index is 13.8. The highest BCUT2D eigenvalue weighted by Gasteiger charge is 2.22. The summed E-state index contributed by atoms with van der Waals surface area (Å²) in [7, 11) is 0. The second-order valence-corrected chi connectivity index (χ2v) is 7.97. The van der Waals surface area contributed by atoms with Gasteiger partial charge < -0.3 is 14.8 Å². The van der Waals surface area contributed by atoms with E-state index in [0.29, 0.717) is 24.1 Å². The molecule has 0 aliphatic carbocycles. The van der Waals surface area contributed by atoms with Crippen molar-refractivity contribution in [1.82, 2.24) is 20.1 Å². The molecule has 1 aromatic heterocycles. The van der Waals surface area contributed by atoms with Crippen molar-refractivity contribution in [2.75, 3.05) is 13.2 Å². The van der Waals surface area contributed by atoms with E-state index in [1.165, 1.54) is 17.8 Å². The molecule has 1 N–H and O–H groups in total. The van der Waals surface area contributed by atoms with Crippen molar-refractivity contribution in [3.8, 4) is 5.75 Å². The molecule has 0 saturated carbocycles. The number of benzene rings is 1. The van der Waals surface area contributed by atoms with Crippen molar-refractivity contribution >= 4 is 17.7 Å². The standard InChI is InChI=1S/C20H25FN4O3S/c1-3-10-25-18(13-28-17-9-5-4-8-16(17)21)23-24-20(25)29-14(2)19(26)22-12-15-7-6-11-27-15/h3-5,8-9,14-15H,1,6-7,10-13H2,2H3,(H,22,26)/t14-,15-/m0/s1. The largest absolute Gasteiger partial charge is 0.483 e. The average molecular weight is 421 g/mol. The topological polar surface area (TPSA) is 78.3 Å². The molecule has 0 radical (unpaired) electrons. The SMILES string of the molecule is C=CCn1c(COc2ccccc2F)nnc1S[C@@H](C)C(=O)NC[C@@H]1CCCO1. The lowest BCUT2D eigenvalue weighted by Crippen LogP contribution is -2.36. The molecule has 1 aromatic carbocycles. The Kier molecular flexibility index (Phi) is 7.65. The van der Waals surface area contributed by atoms with E-state index in [9.17, 15) is 9.18 Å². The third kappa shape index (κ3) is 5.80. The van der Waals surface area contributed by atoms with Crippen LogP contribution in [0, 0.1) is 5.82 Å². The highest BCUT2D eigenvalue weighted by molar-refractivity contribution is 8.00.